The molecule has 0 amide bonds. The number of nitro groups is 1. The Hall–Kier alpha value is -1.47. The molecule has 7 heteroatoms. The number of nitrogens with two attached hydrogens (primary N) is 1. The van der Waals surface area contributed by atoms with Crippen LogP contribution in [0.5, 0.6) is 0 Å². The lowest BCUT2D eigenvalue weighted by Gasteiger charge is -2.29. The zero-order valence-electron chi connectivity index (χ0n) is 16.0. The van der Waals surface area contributed by atoms with Crippen molar-refractivity contribution >= 4 is 0 Å². The van der Waals surface area contributed by atoms with Crippen molar-refractivity contribution in [2.24, 2.45) is 18.7 Å². The van der Waals surface area contributed by atoms with Gasteiger partial charge in [0, 0.05) is 49.7 Å². The van der Waals surface area contributed by atoms with Crippen LogP contribution in [0, 0.1) is 16.0 Å². The van der Waals surface area contributed by atoms with Gasteiger partial charge in [0.05, 0.1) is 12.1 Å². The third kappa shape index (κ3) is 4.26. The minimum absolute atomic E-state index is 0.0482. The van der Waals surface area contributed by atoms with Gasteiger partial charge in [-0.3, -0.25) is 10.1 Å². The molecule has 1 atom stereocenters. The quantitative estimate of drug-likeness (QED) is 0.617. The van der Waals surface area contributed by atoms with Crippen molar-refractivity contribution in [1.29, 1.82) is 0 Å². The van der Waals surface area contributed by atoms with Crippen molar-refractivity contribution in [3.05, 3.63) is 27.8 Å². The smallest absolute Gasteiger partial charge is 0.213 e. The van der Waals surface area contributed by atoms with Crippen molar-refractivity contribution in [2.75, 3.05) is 7.11 Å². The fraction of sp³-hybridized carbons (Fsp3) is 0.842. The Balaban J connectivity index is 1.57. The maximum Gasteiger partial charge on any atom is 0.213 e. The molecule has 7 nitrogen and oxygen atoms in total. The first-order valence-electron chi connectivity index (χ1n) is 9.93. The Bertz CT molecular complexity index is 602. The Morgan fingerprint density at radius 2 is 1.92 bits per heavy atom. The van der Waals surface area contributed by atoms with Crippen LogP contribution in [0.1, 0.15) is 81.3 Å². The number of imidazole rings is 1. The van der Waals surface area contributed by atoms with Gasteiger partial charge >= 0.3 is 0 Å². The largest absolute Gasteiger partial charge is 0.381 e. The summed E-state index contributed by atoms with van der Waals surface area (Å²) < 4.78 is 7.59. The summed E-state index contributed by atoms with van der Waals surface area (Å²) in [4.78, 5) is 15.4. The third-order valence-electron chi connectivity index (χ3n) is 6.52. The number of methoxy groups -OCH3 is 1. The molecule has 0 aromatic carbocycles. The Morgan fingerprint density at radius 3 is 2.50 bits per heavy atom. The molecule has 2 aliphatic carbocycles. The molecule has 1 aromatic heterocycles. The maximum atomic E-state index is 11.0. The average molecular weight is 364 g/mol. The lowest BCUT2D eigenvalue weighted by molar-refractivity contribution is -0.526. The molecule has 2 N–H and O–H groups in total. The Morgan fingerprint density at radius 1 is 1.27 bits per heavy atom. The first-order valence-corrected chi connectivity index (χ1v) is 9.93. The Kier molecular flexibility index (Phi) is 6.29. The number of hydrogen-bond donors (Lipinski definition) is 1. The van der Waals surface area contributed by atoms with Gasteiger partial charge in [0.25, 0.3) is 0 Å². The molecule has 2 saturated carbocycles. The fourth-order valence-electron chi connectivity index (χ4n) is 4.81. The highest BCUT2D eigenvalue weighted by molar-refractivity contribution is 5.14. The molecule has 3 rings (SSSR count). The standard InChI is InChI=1S/C19H32N4O3/c1-22-18(14-5-7-15(8-6-14)23(24)25)12-21-19(22)17(20)11-13-3-9-16(26-2)10-4-13/h12-17H,3-11,20H2,1-2H3/t13?,14?,15?,16?,17-/m0/s1. The van der Waals surface area contributed by atoms with E-state index in [1.54, 1.807) is 7.11 Å². The van der Waals surface area contributed by atoms with Crippen molar-refractivity contribution < 1.29 is 9.66 Å². The predicted octanol–water partition coefficient (Wildman–Crippen LogP) is 3.32. The summed E-state index contributed by atoms with van der Waals surface area (Å²) >= 11 is 0. The molecule has 0 radical (unpaired) electrons. The van der Waals surface area contributed by atoms with Crippen LogP contribution in [0.4, 0.5) is 0 Å². The van der Waals surface area contributed by atoms with E-state index in [-0.39, 0.29) is 17.0 Å². The van der Waals surface area contributed by atoms with Gasteiger partial charge in [0.1, 0.15) is 5.82 Å². The van der Waals surface area contributed by atoms with Crippen molar-refractivity contribution in [1.82, 2.24) is 9.55 Å². The molecule has 1 aromatic rings. The highest BCUT2D eigenvalue weighted by Crippen LogP contribution is 2.36. The monoisotopic (exact) mass is 364 g/mol. The van der Waals surface area contributed by atoms with E-state index in [0.29, 0.717) is 30.8 Å². The van der Waals surface area contributed by atoms with Crippen molar-refractivity contribution in [3.63, 3.8) is 0 Å². The van der Waals surface area contributed by atoms with Gasteiger partial charge in [-0.15, -0.1) is 0 Å². The first kappa shape index (κ1) is 19.3. The van der Waals surface area contributed by atoms with Gasteiger partial charge in [-0.05, 0) is 50.9 Å². The van der Waals surface area contributed by atoms with Gasteiger partial charge in [0.2, 0.25) is 6.04 Å². The molecule has 1 heterocycles. The number of nitrogens with zero attached hydrogens (tertiary/aromatic N) is 3. The van der Waals surface area contributed by atoms with Crippen LogP contribution in [0.15, 0.2) is 6.20 Å². The highest BCUT2D eigenvalue weighted by Gasteiger charge is 2.31. The molecular weight excluding hydrogens is 332 g/mol. The highest BCUT2D eigenvalue weighted by atomic mass is 16.6. The number of ether oxygens (including phenoxy) is 1. The van der Waals surface area contributed by atoms with E-state index in [1.165, 1.54) is 18.5 Å². The van der Waals surface area contributed by atoms with E-state index < -0.39 is 0 Å². The first-order chi connectivity index (χ1) is 12.5. The normalized spacial score (nSPS) is 30.9. The molecule has 146 valence electrons. The topological polar surface area (TPSA) is 96.2 Å². The summed E-state index contributed by atoms with van der Waals surface area (Å²) in [6.45, 7) is 0. The van der Waals surface area contributed by atoms with Gasteiger partial charge in [-0.1, -0.05) is 0 Å². The minimum atomic E-state index is -0.372. The summed E-state index contributed by atoms with van der Waals surface area (Å²) in [6.07, 6.45) is 11.0. The maximum absolute atomic E-state index is 11.0. The third-order valence-corrected chi connectivity index (χ3v) is 6.52. The fourth-order valence-corrected chi connectivity index (χ4v) is 4.81. The molecule has 2 aliphatic rings. The lowest BCUT2D eigenvalue weighted by Crippen LogP contribution is -2.27. The van der Waals surface area contributed by atoms with E-state index in [9.17, 15) is 10.1 Å². The zero-order chi connectivity index (χ0) is 18.7. The number of rotatable bonds is 6. The summed E-state index contributed by atoms with van der Waals surface area (Å²) in [6, 6.07) is -0.420. The molecule has 0 spiro atoms. The van der Waals surface area contributed by atoms with Gasteiger partial charge in [-0.25, -0.2) is 4.98 Å². The second-order valence-corrected chi connectivity index (χ2v) is 8.11. The minimum Gasteiger partial charge on any atom is -0.381 e. The van der Waals surface area contributed by atoms with E-state index in [4.69, 9.17) is 10.5 Å². The van der Waals surface area contributed by atoms with Crippen LogP contribution in [-0.2, 0) is 11.8 Å². The Labute approximate surface area is 155 Å². The van der Waals surface area contributed by atoms with Gasteiger partial charge < -0.3 is 15.0 Å². The molecule has 0 bridgehead atoms. The zero-order valence-corrected chi connectivity index (χ0v) is 16.0. The average Bonchev–Trinajstić information content (AvgIpc) is 3.04. The molecule has 0 unspecified atom stereocenters. The van der Waals surface area contributed by atoms with Crippen LogP contribution in [0.2, 0.25) is 0 Å². The van der Waals surface area contributed by atoms with Crippen LogP contribution in [0.3, 0.4) is 0 Å². The summed E-state index contributed by atoms with van der Waals surface area (Å²) in [7, 11) is 3.84. The SMILES string of the molecule is COC1CCC(C[C@H](N)c2ncc(C3CCC([N+](=O)[O-])CC3)n2C)CC1. The number of hydrogen-bond acceptors (Lipinski definition) is 5. The lowest BCUT2D eigenvalue weighted by atomic mass is 9.83. The molecule has 2 fully saturated rings. The summed E-state index contributed by atoms with van der Waals surface area (Å²) in [5.41, 5.74) is 7.68. The number of aromatic nitrogens is 2. The molecular formula is C19H32N4O3. The van der Waals surface area contributed by atoms with Crippen LogP contribution in [-0.4, -0.2) is 33.7 Å². The van der Waals surface area contributed by atoms with E-state index in [1.807, 2.05) is 13.2 Å². The second-order valence-electron chi connectivity index (χ2n) is 8.11. The summed E-state index contributed by atoms with van der Waals surface area (Å²) in [5, 5.41) is 11.0. The van der Waals surface area contributed by atoms with Gasteiger partial charge in [0.15, 0.2) is 0 Å². The molecule has 0 saturated heterocycles. The summed E-state index contributed by atoms with van der Waals surface area (Å²) in [5.74, 6) is 1.96. The van der Waals surface area contributed by atoms with Crippen LogP contribution >= 0.6 is 0 Å². The molecule has 26 heavy (non-hydrogen) atoms. The van der Waals surface area contributed by atoms with E-state index in [2.05, 4.69) is 9.55 Å². The predicted molar refractivity (Wildman–Crippen MR) is 99.5 cm³/mol. The van der Waals surface area contributed by atoms with Crippen molar-refractivity contribution in [2.45, 2.75) is 81.9 Å². The van der Waals surface area contributed by atoms with E-state index >= 15 is 0 Å². The van der Waals surface area contributed by atoms with E-state index in [0.717, 1.165) is 37.9 Å². The van der Waals surface area contributed by atoms with Crippen LogP contribution < -0.4 is 5.73 Å². The van der Waals surface area contributed by atoms with Crippen LogP contribution in [0.25, 0.3) is 0 Å². The second kappa shape index (κ2) is 8.48. The van der Waals surface area contributed by atoms with Crippen molar-refractivity contribution in [3.8, 4) is 0 Å². The van der Waals surface area contributed by atoms with Gasteiger partial charge in [-0.2, -0.15) is 0 Å². The molecule has 0 aliphatic heterocycles.